The Morgan fingerprint density at radius 3 is 2.63 bits per heavy atom. The van der Waals surface area contributed by atoms with Crippen molar-refractivity contribution in [3.05, 3.63) is 65.0 Å². The molecule has 0 spiro atoms. The molecule has 30 heavy (non-hydrogen) atoms. The topological polar surface area (TPSA) is 100 Å². The summed E-state index contributed by atoms with van der Waals surface area (Å²) < 4.78 is 1.94. The zero-order valence-corrected chi connectivity index (χ0v) is 18.3. The Morgan fingerprint density at radius 2 is 1.93 bits per heavy atom. The lowest BCUT2D eigenvalue weighted by molar-refractivity contribution is -0.115. The fourth-order valence-electron chi connectivity index (χ4n) is 2.61. The molecule has 0 saturated heterocycles. The average Bonchev–Trinajstić information content (AvgIpc) is 3.20. The third-order valence-electron chi connectivity index (χ3n) is 4.03. The first-order chi connectivity index (χ1) is 14.4. The third kappa shape index (κ3) is 6.14. The molecule has 9 heteroatoms. The van der Waals surface area contributed by atoms with Crippen LogP contribution in [0.3, 0.4) is 0 Å². The number of aromatic nitrogens is 1. The van der Waals surface area contributed by atoms with Crippen LogP contribution in [0, 0.1) is 0 Å². The minimum Gasteiger partial charge on any atom is -0.343 e. The van der Waals surface area contributed by atoms with Gasteiger partial charge in [0.2, 0.25) is 5.91 Å². The Balaban J connectivity index is 1.53. The van der Waals surface area contributed by atoms with Gasteiger partial charge in [-0.2, -0.15) is 0 Å². The average molecular weight is 442 g/mol. The number of nitrogens with zero attached hydrogens (tertiary/aromatic N) is 2. The van der Waals surface area contributed by atoms with E-state index >= 15 is 0 Å². The molecule has 2 aromatic carbocycles. The van der Waals surface area contributed by atoms with Crippen LogP contribution >= 0.6 is 23.3 Å². The van der Waals surface area contributed by atoms with Crippen molar-refractivity contribution in [2.24, 2.45) is 5.73 Å². The minimum absolute atomic E-state index is 0.135. The molecule has 4 N–H and O–H groups in total. The SMILES string of the molecule is CN(C)Sc1cccc(C(=O)NCC(=O)Nc2nc(-c3ccc(CN)cc3)cs2)c1. The van der Waals surface area contributed by atoms with Crippen molar-refractivity contribution in [1.29, 1.82) is 0 Å². The molecule has 2 amide bonds. The number of thiazole rings is 1. The van der Waals surface area contributed by atoms with E-state index in [2.05, 4.69) is 15.6 Å². The molecule has 0 unspecified atom stereocenters. The van der Waals surface area contributed by atoms with E-state index in [1.807, 2.05) is 60.2 Å². The Bertz CT molecular complexity index is 1020. The fraction of sp³-hybridized carbons (Fsp3) is 0.190. The van der Waals surface area contributed by atoms with E-state index in [1.54, 1.807) is 12.1 Å². The van der Waals surface area contributed by atoms with E-state index in [-0.39, 0.29) is 18.4 Å². The number of carbonyl (C=O) groups excluding carboxylic acids is 2. The number of nitrogens with one attached hydrogen (secondary N) is 2. The molecule has 0 atom stereocenters. The highest BCUT2D eigenvalue weighted by molar-refractivity contribution is 7.97. The maximum Gasteiger partial charge on any atom is 0.251 e. The van der Waals surface area contributed by atoms with Crippen molar-refractivity contribution in [2.45, 2.75) is 11.4 Å². The lowest BCUT2D eigenvalue weighted by Gasteiger charge is -2.10. The van der Waals surface area contributed by atoms with Crippen LogP contribution in [0.4, 0.5) is 5.13 Å². The molecule has 0 aliphatic heterocycles. The fourth-order valence-corrected chi connectivity index (χ4v) is 4.08. The van der Waals surface area contributed by atoms with E-state index in [4.69, 9.17) is 5.73 Å². The maximum atomic E-state index is 12.3. The van der Waals surface area contributed by atoms with Gasteiger partial charge in [-0.1, -0.05) is 30.3 Å². The van der Waals surface area contributed by atoms with E-state index in [9.17, 15) is 9.59 Å². The molecule has 1 heterocycles. The van der Waals surface area contributed by atoms with Crippen molar-refractivity contribution in [2.75, 3.05) is 26.0 Å². The van der Waals surface area contributed by atoms with E-state index < -0.39 is 0 Å². The van der Waals surface area contributed by atoms with Gasteiger partial charge < -0.3 is 16.4 Å². The number of hydrogen-bond donors (Lipinski definition) is 3. The van der Waals surface area contributed by atoms with Gasteiger partial charge in [0.25, 0.3) is 5.91 Å². The summed E-state index contributed by atoms with van der Waals surface area (Å²) >= 11 is 2.85. The molecule has 1 aromatic heterocycles. The summed E-state index contributed by atoms with van der Waals surface area (Å²) in [7, 11) is 3.86. The number of amides is 2. The van der Waals surface area contributed by atoms with Gasteiger partial charge in [-0.15, -0.1) is 11.3 Å². The number of carbonyl (C=O) groups is 2. The van der Waals surface area contributed by atoms with Gasteiger partial charge in [-0.25, -0.2) is 4.98 Å². The molecular weight excluding hydrogens is 418 g/mol. The quantitative estimate of drug-likeness (QED) is 0.464. The lowest BCUT2D eigenvalue weighted by atomic mass is 10.1. The molecular formula is C21H23N5O2S2. The predicted molar refractivity (Wildman–Crippen MR) is 122 cm³/mol. The third-order valence-corrected chi connectivity index (χ3v) is 5.62. The van der Waals surface area contributed by atoms with E-state index in [0.29, 0.717) is 17.2 Å². The summed E-state index contributed by atoms with van der Waals surface area (Å²) in [6, 6.07) is 15.1. The largest absolute Gasteiger partial charge is 0.343 e. The Hall–Kier alpha value is -2.72. The highest BCUT2D eigenvalue weighted by atomic mass is 32.2. The van der Waals surface area contributed by atoms with Gasteiger partial charge in [-0.05, 0) is 49.8 Å². The zero-order valence-electron chi connectivity index (χ0n) is 16.7. The van der Waals surface area contributed by atoms with Crippen LogP contribution in [0.5, 0.6) is 0 Å². The maximum absolute atomic E-state index is 12.3. The van der Waals surface area contributed by atoms with Gasteiger partial charge in [0.05, 0.1) is 12.2 Å². The highest BCUT2D eigenvalue weighted by Gasteiger charge is 2.11. The molecule has 0 fully saturated rings. The molecule has 0 aliphatic carbocycles. The van der Waals surface area contributed by atoms with Crippen molar-refractivity contribution >= 4 is 40.2 Å². The number of benzene rings is 2. The van der Waals surface area contributed by atoms with Crippen LogP contribution in [0.15, 0.2) is 58.8 Å². The Kier molecular flexibility index (Phi) is 7.58. The second kappa shape index (κ2) is 10.4. The number of hydrogen-bond acceptors (Lipinski definition) is 7. The molecule has 3 aromatic rings. The zero-order chi connectivity index (χ0) is 21.5. The first-order valence-corrected chi connectivity index (χ1v) is 10.9. The molecule has 0 aliphatic rings. The van der Waals surface area contributed by atoms with Gasteiger partial charge in [0.15, 0.2) is 5.13 Å². The second-order valence-corrected chi connectivity index (χ2v) is 8.84. The number of rotatable bonds is 8. The van der Waals surface area contributed by atoms with Crippen LogP contribution in [-0.2, 0) is 11.3 Å². The first-order valence-electron chi connectivity index (χ1n) is 9.23. The van der Waals surface area contributed by atoms with Crippen LogP contribution in [0.1, 0.15) is 15.9 Å². The standard InChI is InChI=1S/C21H23N5O2S2/c1-26(2)30-17-5-3-4-16(10-17)20(28)23-12-19(27)25-21-24-18(13-29-21)15-8-6-14(11-22)7-9-15/h3-10,13H,11-12,22H2,1-2H3,(H,23,28)(H,24,25,27). The number of nitrogens with two attached hydrogens (primary N) is 1. The summed E-state index contributed by atoms with van der Waals surface area (Å²) in [6.07, 6.45) is 0. The minimum atomic E-state index is -0.332. The normalized spacial score (nSPS) is 10.8. The van der Waals surface area contributed by atoms with Crippen molar-refractivity contribution in [1.82, 2.24) is 14.6 Å². The molecule has 156 valence electrons. The van der Waals surface area contributed by atoms with Gasteiger partial charge in [0.1, 0.15) is 0 Å². The van der Waals surface area contributed by atoms with Crippen LogP contribution in [0.25, 0.3) is 11.3 Å². The Labute approximate surface area is 183 Å². The van der Waals surface area contributed by atoms with Crippen LogP contribution < -0.4 is 16.4 Å². The summed E-state index contributed by atoms with van der Waals surface area (Å²) in [5, 5.41) is 7.72. The van der Waals surface area contributed by atoms with Crippen molar-refractivity contribution in [3.63, 3.8) is 0 Å². The molecule has 0 saturated carbocycles. The first kappa shape index (κ1) is 22.0. The van der Waals surface area contributed by atoms with Crippen molar-refractivity contribution < 1.29 is 9.59 Å². The molecule has 7 nitrogen and oxygen atoms in total. The Morgan fingerprint density at radius 1 is 1.17 bits per heavy atom. The monoisotopic (exact) mass is 441 g/mol. The summed E-state index contributed by atoms with van der Waals surface area (Å²) in [5.41, 5.74) is 8.90. The molecule has 0 radical (unpaired) electrons. The van der Waals surface area contributed by atoms with Gasteiger partial charge >= 0.3 is 0 Å². The molecule has 3 rings (SSSR count). The smallest absolute Gasteiger partial charge is 0.251 e. The summed E-state index contributed by atoms with van der Waals surface area (Å²) in [6.45, 7) is 0.354. The van der Waals surface area contributed by atoms with E-state index in [1.165, 1.54) is 23.3 Å². The lowest BCUT2D eigenvalue weighted by Crippen LogP contribution is -2.32. The number of anilines is 1. The predicted octanol–water partition coefficient (Wildman–Crippen LogP) is 3.21. The molecule has 0 bridgehead atoms. The van der Waals surface area contributed by atoms with Gasteiger partial charge in [0, 0.05) is 27.9 Å². The van der Waals surface area contributed by atoms with Crippen molar-refractivity contribution in [3.8, 4) is 11.3 Å². The highest BCUT2D eigenvalue weighted by Crippen LogP contribution is 2.25. The van der Waals surface area contributed by atoms with Crippen LogP contribution in [0.2, 0.25) is 0 Å². The summed E-state index contributed by atoms with van der Waals surface area (Å²) in [4.78, 5) is 29.9. The summed E-state index contributed by atoms with van der Waals surface area (Å²) in [5.74, 6) is -0.632. The van der Waals surface area contributed by atoms with Crippen LogP contribution in [-0.4, -0.2) is 41.7 Å². The van der Waals surface area contributed by atoms with Gasteiger partial charge in [-0.3, -0.25) is 13.9 Å². The second-order valence-electron chi connectivity index (χ2n) is 6.60. The van der Waals surface area contributed by atoms with E-state index in [0.717, 1.165) is 21.7 Å².